The lowest BCUT2D eigenvalue weighted by molar-refractivity contribution is -0.118. The first kappa shape index (κ1) is 20.1. The zero-order chi connectivity index (χ0) is 19.3. The van der Waals surface area contributed by atoms with Gasteiger partial charge in [-0.2, -0.15) is 4.72 Å². The predicted octanol–water partition coefficient (Wildman–Crippen LogP) is 3.64. The molecule has 0 bridgehead atoms. The summed E-state index contributed by atoms with van der Waals surface area (Å²) in [4.78, 5) is 12.8. The lowest BCUT2D eigenvalue weighted by Gasteiger charge is -2.20. The van der Waals surface area contributed by atoms with E-state index in [1.165, 1.54) is 0 Å². The van der Waals surface area contributed by atoms with Gasteiger partial charge in [0.05, 0.1) is 4.90 Å². The molecule has 2 aromatic rings. The number of carbonyl (C=O) groups excluding carboxylic acids is 1. The van der Waals surface area contributed by atoms with E-state index in [-0.39, 0.29) is 16.7 Å². The molecule has 0 aliphatic heterocycles. The summed E-state index contributed by atoms with van der Waals surface area (Å²) in [6.07, 6.45) is 0.406. The maximum atomic E-state index is 12.7. The van der Waals surface area contributed by atoms with Crippen molar-refractivity contribution < 1.29 is 13.2 Å². The average Bonchev–Trinajstić information content (AvgIpc) is 2.56. The van der Waals surface area contributed by atoms with E-state index < -0.39 is 16.1 Å². The second-order valence-electron chi connectivity index (χ2n) is 6.97. The molecular weight excluding hydrogens is 348 g/mol. The molecule has 2 aromatic carbocycles. The minimum atomic E-state index is -3.78. The summed E-state index contributed by atoms with van der Waals surface area (Å²) in [6.45, 7) is 7.75. The van der Waals surface area contributed by atoms with E-state index in [9.17, 15) is 13.2 Å². The average molecular weight is 375 g/mol. The molecular formula is C20H26N2O3S. The number of nitrogens with one attached hydrogen (secondary N) is 2. The number of sulfonamides is 1. The van der Waals surface area contributed by atoms with Gasteiger partial charge in [0.15, 0.2) is 0 Å². The Morgan fingerprint density at radius 1 is 0.923 bits per heavy atom. The molecule has 0 aliphatic carbocycles. The Morgan fingerprint density at radius 3 is 1.92 bits per heavy atom. The predicted molar refractivity (Wildman–Crippen MR) is 105 cm³/mol. The molecule has 0 fully saturated rings. The topological polar surface area (TPSA) is 75.3 Å². The van der Waals surface area contributed by atoms with Crippen molar-refractivity contribution in [3.05, 3.63) is 59.7 Å². The van der Waals surface area contributed by atoms with E-state index in [1.54, 1.807) is 36.4 Å². The second kappa shape index (κ2) is 8.47. The van der Waals surface area contributed by atoms with E-state index in [2.05, 4.69) is 10.0 Å². The fourth-order valence-electron chi connectivity index (χ4n) is 2.52. The maximum absolute atomic E-state index is 12.7. The van der Waals surface area contributed by atoms with Crippen LogP contribution in [0.15, 0.2) is 53.4 Å². The highest BCUT2D eigenvalue weighted by atomic mass is 32.2. The Morgan fingerprint density at radius 2 is 1.42 bits per heavy atom. The van der Waals surface area contributed by atoms with Crippen LogP contribution >= 0.6 is 0 Å². The van der Waals surface area contributed by atoms with E-state index in [1.807, 2.05) is 39.8 Å². The van der Waals surface area contributed by atoms with Crippen molar-refractivity contribution in [3.63, 3.8) is 0 Å². The number of hydrogen-bond acceptors (Lipinski definition) is 3. The van der Waals surface area contributed by atoms with Crippen molar-refractivity contribution in [2.75, 3.05) is 5.32 Å². The van der Waals surface area contributed by atoms with Gasteiger partial charge < -0.3 is 5.32 Å². The molecule has 1 atom stereocenters. The Labute approximate surface area is 155 Å². The summed E-state index contributed by atoms with van der Waals surface area (Å²) < 4.78 is 27.8. The third-order valence-electron chi connectivity index (χ3n) is 3.97. The molecule has 1 unspecified atom stereocenters. The number of amides is 1. The highest BCUT2D eigenvalue weighted by Crippen LogP contribution is 2.15. The summed E-state index contributed by atoms with van der Waals surface area (Å²) in [6, 6.07) is 13.1. The lowest BCUT2D eigenvalue weighted by atomic mass is 10.0. The van der Waals surface area contributed by atoms with Crippen LogP contribution in [-0.4, -0.2) is 20.4 Å². The Balaban J connectivity index is 2.19. The van der Waals surface area contributed by atoms with Crippen LogP contribution in [0.4, 0.5) is 5.69 Å². The van der Waals surface area contributed by atoms with E-state index >= 15 is 0 Å². The number of hydrogen-bond donors (Lipinski definition) is 2. The van der Waals surface area contributed by atoms with Gasteiger partial charge in [-0.15, -0.1) is 0 Å². The molecule has 0 aromatic heterocycles. The lowest BCUT2D eigenvalue weighted by Crippen LogP contribution is -2.44. The summed E-state index contributed by atoms with van der Waals surface area (Å²) in [5.74, 6) is -0.206. The quantitative estimate of drug-likeness (QED) is 0.777. The van der Waals surface area contributed by atoms with Crippen LogP contribution in [0.3, 0.4) is 0 Å². The van der Waals surface area contributed by atoms with Gasteiger partial charge >= 0.3 is 0 Å². The first-order valence-corrected chi connectivity index (χ1v) is 10.1. The number of benzene rings is 2. The first-order chi connectivity index (χ1) is 12.2. The molecule has 0 aliphatic rings. The zero-order valence-electron chi connectivity index (χ0n) is 15.6. The molecule has 26 heavy (non-hydrogen) atoms. The minimum absolute atomic E-state index is 0.153. The molecule has 0 saturated heterocycles. The SMILES string of the molecule is Cc1ccc(NC(=O)C(CC(C)C)NS(=O)(=O)c2ccc(C)cc2)cc1. The third-order valence-corrected chi connectivity index (χ3v) is 5.46. The van der Waals surface area contributed by atoms with E-state index in [0.29, 0.717) is 12.1 Å². The van der Waals surface area contributed by atoms with Gasteiger partial charge in [-0.25, -0.2) is 8.42 Å². The Bertz CT molecular complexity index is 842. The zero-order valence-corrected chi connectivity index (χ0v) is 16.4. The second-order valence-corrected chi connectivity index (χ2v) is 8.69. The summed E-state index contributed by atoms with van der Waals surface area (Å²) >= 11 is 0. The number of anilines is 1. The first-order valence-electron chi connectivity index (χ1n) is 8.64. The molecule has 5 nitrogen and oxygen atoms in total. The van der Waals surface area contributed by atoms with Gasteiger partial charge in [0.2, 0.25) is 15.9 Å². The molecule has 140 valence electrons. The molecule has 0 heterocycles. The smallest absolute Gasteiger partial charge is 0.242 e. The van der Waals surface area contributed by atoms with Crippen LogP contribution in [0.5, 0.6) is 0 Å². The number of aryl methyl sites for hydroxylation is 2. The molecule has 2 rings (SSSR count). The van der Waals surface area contributed by atoms with Crippen LogP contribution in [0.25, 0.3) is 0 Å². The molecule has 6 heteroatoms. The monoisotopic (exact) mass is 374 g/mol. The number of carbonyl (C=O) groups is 1. The van der Waals surface area contributed by atoms with Crippen molar-refractivity contribution in [3.8, 4) is 0 Å². The number of rotatable bonds is 7. The Kier molecular flexibility index (Phi) is 6.56. The molecule has 1 amide bonds. The summed E-state index contributed by atoms with van der Waals surface area (Å²) in [5, 5.41) is 2.79. The molecule has 0 saturated carbocycles. The van der Waals surface area contributed by atoms with Crippen molar-refractivity contribution in [2.24, 2.45) is 5.92 Å². The van der Waals surface area contributed by atoms with Crippen LogP contribution in [0, 0.1) is 19.8 Å². The minimum Gasteiger partial charge on any atom is -0.325 e. The van der Waals surface area contributed by atoms with Gasteiger partial charge in [0.25, 0.3) is 0 Å². The third kappa shape index (κ3) is 5.68. The van der Waals surface area contributed by atoms with Gasteiger partial charge in [0.1, 0.15) is 6.04 Å². The van der Waals surface area contributed by atoms with E-state index in [0.717, 1.165) is 11.1 Å². The van der Waals surface area contributed by atoms with E-state index in [4.69, 9.17) is 0 Å². The van der Waals surface area contributed by atoms with Gasteiger partial charge in [-0.3, -0.25) is 4.79 Å². The molecule has 0 spiro atoms. The fraction of sp³-hybridized carbons (Fsp3) is 0.350. The van der Waals surface area contributed by atoms with Crippen LogP contribution in [-0.2, 0) is 14.8 Å². The normalized spacial score (nSPS) is 12.8. The van der Waals surface area contributed by atoms with Crippen molar-refractivity contribution in [1.29, 1.82) is 0 Å². The fourth-order valence-corrected chi connectivity index (χ4v) is 3.73. The summed E-state index contributed by atoms with van der Waals surface area (Å²) in [5.41, 5.74) is 2.70. The molecule has 2 N–H and O–H groups in total. The molecule has 0 radical (unpaired) electrons. The van der Waals surface area contributed by atoms with Crippen LogP contribution < -0.4 is 10.0 Å². The highest BCUT2D eigenvalue weighted by molar-refractivity contribution is 7.89. The maximum Gasteiger partial charge on any atom is 0.242 e. The van der Waals surface area contributed by atoms with Gasteiger partial charge in [0, 0.05) is 5.69 Å². The standard InChI is InChI=1S/C20H26N2O3S/c1-14(2)13-19(20(23)21-17-9-5-15(3)6-10-17)22-26(24,25)18-11-7-16(4)8-12-18/h5-12,14,19,22H,13H2,1-4H3,(H,21,23). The largest absolute Gasteiger partial charge is 0.325 e. The van der Waals surface area contributed by atoms with Crippen LogP contribution in [0.2, 0.25) is 0 Å². The highest BCUT2D eigenvalue weighted by Gasteiger charge is 2.26. The Hall–Kier alpha value is -2.18. The van der Waals surface area contributed by atoms with Crippen LogP contribution in [0.1, 0.15) is 31.4 Å². The van der Waals surface area contributed by atoms with Crippen molar-refractivity contribution in [2.45, 2.75) is 45.1 Å². The van der Waals surface area contributed by atoms with Gasteiger partial charge in [-0.1, -0.05) is 49.2 Å². The van der Waals surface area contributed by atoms with Crippen molar-refractivity contribution >= 4 is 21.6 Å². The van der Waals surface area contributed by atoms with Crippen molar-refractivity contribution in [1.82, 2.24) is 4.72 Å². The van der Waals surface area contributed by atoms with Gasteiger partial charge in [-0.05, 0) is 50.5 Å². The summed E-state index contributed by atoms with van der Waals surface area (Å²) in [7, 11) is -3.78.